The monoisotopic (exact) mass is 370 g/mol. The molecule has 1 aromatic carbocycles. The lowest BCUT2D eigenvalue weighted by molar-refractivity contribution is -0.121. The maximum Gasteiger partial charge on any atom is 0.220 e. The molecule has 1 fully saturated rings. The quantitative estimate of drug-likeness (QED) is 0.772. The van der Waals surface area contributed by atoms with E-state index >= 15 is 0 Å². The lowest BCUT2D eigenvalue weighted by Gasteiger charge is -2.33. The summed E-state index contributed by atoms with van der Waals surface area (Å²) in [5, 5.41) is 3.11. The third-order valence-electron chi connectivity index (χ3n) is 5.38. The Morgan fingerprint density at radius 2 is 1.89 bits per heavy atom. The number of hydrogen-bond donors (Lipinski definition) is 1. The van der Waals surface area contributed by atoms with Crippen molar-refractivity contribution in [3.05, 3.63) is 60.1 Å². The lowest BCUT2D eigenvalue weighted by Crippen LogP contribution is -2.43. The number of ether oxygens (including phenoxy) is 1. The van der Waals surface area contributed by atoms with Crippen molar-refractivity contribution in [3.8, 4) is 0 Å². The van der Waals surface area contributed by atoms with Gasteiger partial charge in [-0.3, -0.25) is 9.69 Å². The van der Waals surface area contributed by atoms with Crippen molar-refractivity contribution in [2.24, 2.45) is 0 Å². The van der Waals surface area contributed by atoms with Crippen molar-refractivity contribution >= 4 is 5.91 Å². The summed E-state index contributed by atoms with van der Waals surface area (Å²) in [4.78, 5) is 14.8. The van der Waals surface area contributed by atoms with E-state index in [0.717, 1.165) is 38.5 Å². The number of furan rings is 1. The molecule has 1 aliphatic rings. The van der Waals surface area contributed by atoms with Crippen LogP contribution in [0.1, 0.15) is 44.1 Å². The van der Waals surface area contributed by atoms with Crippen LogP contribution < -0.4 is 5.32 Å². The first-order valence-corrected chi connectivity index (χ1v) is 9.74. The SMILES string of the molecule is CC(C)(CCC(=O)NCC(c1ccco1)N1CCOCC1)c1ccccc1. The maximum absolute atomic E-state index is 12.5. The Balaban J connectivity index is 1.53. The Morgan fingerprint density at radius 3 is 2.56 bits per heavy atom. The molecule has 2 aromatic rings. The van der Waals surface area contributed by atoms with Crippen molar-refractivity contribution in [2.75, 3.05) is 32.8 Å². The molecule has 5 heteroatoms. The Bertz CT molecular complexity index is 692. The number of amides is 1. The summed E-state index contributed by atoms with van der Waals surface area (Å²) in [6, 6.07) is 14.3. The number of nitrogens with zero attached hydrogens (tertiary/aromatic N) is 1. The van der Waals surface area contributed by atoms with Crippen molar-refractivity contribution in [1.29, 1.82) is 0 Å². The summed E-state index contributed by atoms with van der Waals surface area (Å²) >= 11 is 0. The average Bonchev–Trinajstić information content (AvgIpc) is 3.23. The first kappa shape index (κ1) is 19.6. The zero-order chi connectivity index (χ0) is 19.1. The molecule has 0 radical (unpaired) electrons. The molecule has 0 aliphatic carbocycles. The van der Waals surface area contributed by atoms with Gasteiger partial charge in [-0.05, 0) is 29.5 Å². The average molecular weight is 370 g/mol. The van der Waals surface area contributed by atoms with Crippen LogP contribution in [0.3, 0.4) is 0 Å². The summed E-state index contributed by atoms with van der Waals surface area (Å²) < 4.78 is 11.1. The van der Waals surface area contributed by atoms with Crippen LogP contribution in [0.15, 0.2) is 53.1 Å². The molecule has 146 valence electrons. The standard InChI is InChI=1S/C22H30N2O3/c1-22(2,18-7-4-3-5-8-18)11-10-21(25)23-17-19(20-9-6-14-27-20)24-12-15-26-16-13-24/h3-9,14,19H,10-13,15-17H2,1-2H3,(H,23,25). The van der Waals surface area contributed by atoms with Gasteiger partial charge in [0.1, 0.15) is 5.76 Å². The zero-order valence-electron chi connectivity index (χ0n) is 16.3. The van der Waals surface area contributed by atoms with Crippen molar-refractivity contribution in [1.82, 2.24) is 10.2 Å². The van der Waals surface area contributed by atoms with Gasteiger partial charge in [-0.15, -0.1) is 0 Å². The van der Waals surface area contributed by atoms with Crippen LogP contribution in [-0.2, 0) is 14.9 Å². The molecule has 1 aromatic heterocycles. The van der Waals surface area contributed by atoms with E-state index in [4.69, 9.17) is 9.15 Å². The second kappa shape index (κ2) is 9.20. The van der Waals surface area contributed by atoms with E-state index in [1.165, 1.54) is 5.56 Å². The minimum atomic E-state index is -0.0246. The van der Waals surface area contributed by atoms with E-state index in [9.17, 15) is 4.79 Å². The summed E-state index contributed by atoms with van der Waals surface area (Å²) in [7, 11) is 0. The van der Waals surface area contributed by atoms with E-state index in [-0.39, 0.29) is 17.4 Å². The highest BCUT2D eigenvalue weighted by Crippen LogP contribution is 2.28. The second-order valence-electron chi connectivity index (χ2n) is 7.73. The van der Waals surface area contributed by atoms with Crippen LogP contribution in [-0.4, -0.2) is 43.7 Å². The summed E-state index contributed by atoms with van der Waals surface area (Å²) in [5.41, 5.74) is 1.24. The minimum absolute atomic E-state index is 0.0246. The largest absolute Gasteiger partial charge is 0.468 e. The summed E-state index contributed by atoms with van der Waals surface area (Å²) in [5.74, 6) is 0.977. The van der Waals surface area contributed by atoms with E-state index in [2.05, 4.69) is 36.2 Å². The number of nitrogens with one attached hydrogen (secondary N) is 1. The van der Waals surface area contributed by atoms with Crippen molar-refractivity contribution < 1.29 is 13.9 Å². The Hall–Kier alpha value is -2.11. The molecule has 0 spiro atoms. The van der Waals surface area contributed by atoms with Crippen LogP contribution in [0.4, 0.5) is 0 Å². The summed E-state index contributed by atoms with van der Waals surface area (Å²) in [6.07, 6.45) is 3.01. The number of carbonyl (C=O) groups is 1. The fourth-order valence-corrected chi connectivity index (χ4v) is 3.54. The van der Waals surface area contributed by atoms with Gasteiger partial charge in [0, 0.05) is 26.1 Å². The molecule has 1 atom stereocenters. The summed E-state index contributed by atoms with van der Waals surface area (Å²) in [6.45, 7) is 8.07. The van der Waals surface area contributed by atoms with E-state index in [1.54, 1.807) is 6.26 Å². The second-order valence-corrected chi connectivity index (χ2v) is 7.73. The first-order chi connectivity index (χ1) is 13.1. The normalized spacial score (nSPS) is 16.8. The highest BCUT2D eigenvalue weighted by Gasteiger charge is 2.26. The number of morpholine rings is 1. The number of rotatable bonds is 8. The first-order valence-electron chi connectivity index (χ1n) is 9.74. The van der Waals surface area contributed by atoms with Crippen molar-refractivity contribution in [3.63, 3.8) is 0 Å². The molecule has 1 saturated heterocycles. The highest BCUT2D eigenvalue weighted by molar-refractivity contribution is 5.76. The van der Waals surface area contributed by atoms with Gasteiger partial charge in [0.05, 0.1) is 25.5 Å². The van der Waals surface area contributed by atoms with Gasteiger partial charge in [0.15, 0.2) is 0 Å². The van der Waals surface area contributed by atoms with Gasteiger partial charge < -0.3 is 14.5 Å². The molecule has 1 N–H and O–H groups in total. The smallest absolute Gasteiger partial charge is 0.220 e. The molecule has 1 amide bonds. The Morgan fingerprint density at radius 1 is 1.15 bits per heavy atom. The molecule has 0 saturated carbocycles. The Kier molecular flexibility index (Phi) is 6.69. The fourth-order valence-electron chi connectivity index (χ4n) is 3.54. The van der Waals surface area contributed by atoms with Gasteiger partial charge >= 0.3 is 0 Å². The molecule has 1 aliphatic heterocycles. The van der Waals surface area contributed by atoms with E-state index in [0.29, 0.717) is 13.0 Å². The van der Waals surface area contributed by atoms with Crippen LogP contribution in [0.25, 0.3) is 0 Å². The van der Waals surface area contributed by atoms with Gasteiger partial charge in [0.25, 0.3) is 0 Å². The van der Waals surface area contributed by atoms with E-state index < -0.39 is 0 Å². The highest BCUT2D eigenvalue weighted by atomic mass is 16.5. The zero-order valence-corrected chi connectivity index (χ0v) is 16.3. The van der Waals surface area contributed by atoms with Crippen LogP contribution >= 0.6 is 0 Å². The fraction of sp³-hybridized carbons (Fsp3) is 0.500. The van der Waals surface area contributed by atoms with Crippen LogP contribution in [0.5, 0.6) is 0 Å². The van der Waals surface area contributed by atoms with Crippen LogP contribution in [0.2, 0.25) is 0 Å². The maximum atomic E-state index is 12.5. The third-order valence-corrected chi connectivity index (χ3v) is 5.38. The molecular formula is C22H30N2O3. The topological polar surface area (TPSA) is 54.7 Å². The van der Waals surface area contributed by atoms with Gasteiger partial charge in [-0.2, -0.15) is 0 Å². The van der Waals surface area contributed by atoms with Gasteiger partial charge in [0.2, 0.25) is 5.91 Å². The number of carbonyl (C=O) groups excluding carboxylic acids is 1. The molecular weight excluding hydrogens is 340 g/mol. The van der Waals surface area contributed by atoms with Gasteiger partial charge in [-0.25, -0.2) is 0 Å². The number of hydrogen-bond acceptors (Lipinski definition) is 4. The Labute approximate surface area is 161 Å². The van der Waals surface area contributed by atoms with Crippen molar-refractivity contribution in [2.45, 2.75) is 38.1 Å². The van der Waals surface area contributed by atoms with Gasteiger partial charge in [-0.1, -0.05) is 44.2 Å². The van der Waals surface area contributed by atoms with Crippen LogP contribution in [0, 0.1) is 0 Å². The minimum Gasteiger partial charge on any atom is -0.468 e. The number of benzene rings is 1. The third kappa shape index (κ3) is 5.44. The molecule has 1 unspecified atom stereocenters. The molecule has 3 rings (SSSR count). The molecule has 2 heterocycles. The predicted octanol–water partition coefficient (Wildman–Crippen LogP) is 3.53. The predicted molar refractivity (Wildman–Crippen MR) is 106 cm³/mol. The van der Waals surface area contributed by atoms with E-state index in [1.807, 2.05) is 30.3 Å². The molecule has 27 heavy (non-hydrogen) atoms. The molecule has 5 nitrogen and oxygen atoms in total. The molecule has 0 bridgehead atoms. The lowest BCUT2D eigenvalue weighted by atomic mass is 9.80.